The van der Waals surface area contributed by atoms with Crippen LogP contribution in [0.25, 0.3) is 0 Å². The largest absolute Gasteiger partial charge is 0.354 e. The molecule has 0 aliphatic carbocycles. The van der Waals surface area contributed by atoms with Crippen molar-refractivity contribution in [2.24, 2.45) is 23.5 Å². The van der Waals surface area contributed by atoms with Crippen LogP contribution in [0.3, 0.4) is 0 Å². The molecule has 0 rings (SSSR count). The number of nitrogens with two attached hydrogens (primary N) is 1. The third kappa shape index (κ3) is 5.17. The van der Waals surface area contributed by atoms with Crippen molar-refractivity contribution in [1.82, 2.24) is 5.32 Å². The second kappa shape index (κ2) is 6.83. The molecule has 0 aromatic rings. The van der Waals surface area contributed by atoms with Crippen LogP contribution in [-0.4, -0.2) is 18.5 Å². The van der Waals surface area contributed by atoms with Crippen LogP contribution in [0.4, 0.5) is 0 Å². The van der Waals surface area contributed by atoms with Gasteiger partial charge in [-0.15, -0.1) is 0 Å². The van der Waals surface area contributed by atoms with Gasteiger partial charge in [0.25, 0.3) is 0 Å². The van der Waals surface area contributed by atoms with Crippen LogP contribution in [0.1, 0.15) is 41.0 Å². The van der Waals surface area contributed by atoms with Crippen LogP contribution in [-0.2, 0) is 4.79 Å². The monoisotopic (exact) mass is 214 g/mol. The van der Waals surface area contributed by atoms with Crippen LogP contribution >= 0.6 is 0 Å². The molecule has 0 aliphatic heterocycles. The summed E-state index contributed by atoms with van der Waals surface area (Å²) in [4.78, 5) is 11.5. The summed E-state index contributed by atoms with van der Waals surface area (Å²) >= 11 is 0. The lowest BCUT2D eigenvalue weighted by Crippen LogP contribution is -2.43. The predicted molar refractivity (Wildman–Crippen MR) is 64.4 cm³/mol. The maximum absolute atomic E-state index is 11.5. The molecule has 15 heavy (non-hydrogen) atoms. The number of nitrogens with one attached hydrogen (secondary N) is 1. The fraction of sp³-hybridized carbons (Fsp3) is 0.917. The SMILES string of the molecule is CC[C@@H](N)C(=O)NCC(C(C)C)C(C)C. The van der Waals surface area contributed by atoms with Gasteiger partial charge in [0.05, 0.1) is 6.04 Å². The van der Waals surface area contributed by atoms with Crippen molar-refractivity contribution in [1.29, 1.82) is 0 Å². The fourth-order valence-corrected chi connectivity index (χ4v) is 1.78. The molecule has 1 atom stereocenters. The molecular weight excluding hydrogens is 188 g/mol. The van der Waals surface area contributed by atoms with E-state index in [0.717, 1.165) is 6.54 Å². The van der Waals surface area contributed by atoms with Crippen molar-refractivity contribution in [2.75, 3.05) is 6.54 Å². The van der Waals surface area contributed by atoms with E-state index < -0.39 is 0 Å². The van der Waals surface area contributed by atoms with Gasteiger partial charge in [-0.3, -0.25) is 4.79 Å². The second-order valence-corrected chi connectivity index (χ2v) is 4.91. The normalized spacial score (nSPS) is 13.7. The van der Waals surface area contributed by atoms with Crippen molar-refractivity contribution in [2.45, 2.75) is 47.1 Å². The Morgan fingerprint density at radius 1 is 1.20 bits per heavy atom. The third-order valence-corrected chi connectivity index (χ3v) is 3.00. The Bertz CT molecular complexity index is 182. The van der Waals surface area contributed by atoms with Gasteiger partial charge in [-0.2, -0.15) is 0 Å². The van der Waals surface area contributed by atoms with E-state index in [1.54, 1.807) is 0 Å². The third-order valence-electron chi connectivity index (χ3n) is 3.00. The van der Waals surface area contributed by atoms with Crippen LogP contribution < -0.4 is 11.1 Å². The summed E-state index contributed by atoms with van der Waals surface area (Å²) in [6, 6.07) is -0.357. The van der Waals surface area contributed by atoms with E-state index in [1.807, 2.05) is 6.92 Å². The van der Waals surface area contributed by atoms with Gasteiger partial charge in [-0.1, -0.05) is 34.6 Å². The van der Waals surface area contributed by atoms with Crippen LogP contribution in [0, 0.1) is 17.8 Å². The molecular formula is C12H26N2O. The number of hydrogen-bond acceptors (Lipinski definition) is 2. The van der Waals surface area contributed by atoms with Crippen LogP contribution in [0.5, 0.6) is 0 Å². The number of carbonyl (C=O) groups excluding carboxylic acids is 1. The van der Waals surface area contributed by atoms with E-state index in [0.29, 0.717) is 24.2 Å². The Hall–Kier alpha value is -0.570. The molecule has 3 N–H and O–H groups in total. The maximum Gasteiger partial charge on any atom is 0.236 e. The zero-order chi connectivity index (χ0) is 12.0. The molecule has 90 valence electrons. The second-order valence-electron chi connectivity index (χ2n) is 4.91. The molecule has 0 aromatic heterocycles. The van der Waals surface area contributed by atoms with E-state index in [-0.39, 0.29) is 11.9 Å². The average Bonchev–Trinajstić information content (AvgIpc) is 2.15. The molecule has 1 amide bonds. The van der Waals surface area contributed by atoms with E-state index >= 15 is 0 Å². The number of carbonyl (C=O) groups is 1. The molecule has 0 spiro atoms. The molecule has 3 heteroatoms. The highest BCUT2D eigenvalue weighted by atomic mass is 16.2. The van der Waals surface area contributed by atoms with Crippen molar-refractivity contribution in [3.8, 4) is 0 Å². The van der Waals surface area contributed by atoms with Gasteiger partial charge in [-0.25, -0.2) is 0 Å². The lowest BCUT2D eigenvalue weighted by atomic mass is 9.85. The molecule has 0 aromatic carbocycles. The Kier molecular flexibility index (Phi) is 6.57. The highest BCUT2D eigenvalue weighted by Crippen LogP contribution is 2.19. The molecule has 0 fully saturated rings. The quantitative estimate of drug-likeness (QED) is 0.708. The molecule has 0 saturated heterocycles. The van der Waals surface area contributed by atoms with Gasteiger partial charge in [0, 0.05) is 6.54 Å². The minimum absolute atomic E-state index is 0.0243. The van der Waals surface area contributed by atoms with Crippen LogP contribution in [0.15, 0.2) is 0 Å². The highest BCUT2D eigenvalue weighted by molar-refractivity contribution is 5.81. The minimum Gasteiger partial charge on any atom is -0.354 e. The first-order valence-corrected chi connectivity index (χ1v) is 5.93. The summed E-state index contributed by atoms with van der Waals surface area (Å²) < 4.78 is 0. The summed E-state index contributed by atoms with van der Waals surface area (Å²) in [7, 11) is 0. The van der Waals surface area contributed by atoms with Gasteiger partial charge >= 0.3 is 0 Å². The van der Waals surface area contributed by atoms with Gasteiger partial charge < -0.3 is 11.1 Å². The Morgan fingerprint density at radius 3 is 2.00 bits per heavy atom. The van der Waals surface area contributed by atoms with E-state index in [2.05, 4.69) is 33.0 Å². The lowest BCUT2D eigenvalue weighted by Gasteiger charge is -2.25. The molecule has 0 heterocycles. The molecule has 0 unspecified atom stereocenters. The van der Waals surface area contributed by atoms with Gasteiger partial charge in [-0.05, 0) is 24.2 Å². The molecule has 0 aliphatic rings. The lowest BCUT2D eigenvalue weighted by molar-refractivity contribution is -0.122. The Balaban J connectivity index is 4.05. The number of rotatable bonds is 6. The minimum atomic E-state index is -0.357. The smallest absolute Gasteiger partial charge is 0.236 e. The van der Waals surface area contributed by atoms with Crippen molar-refractivity contribution < 1.29 is 4.79 Å². The van der Waals surface area contributed by atoms with Crippen molar-refractivity contribution in [3.63, 3.8) is 0 Å². The standard InChI is InChI=1S/C12H26N2O/c1-6-11(13)12(15)14-7-10(8(2)3)9(4)5/h8-11H,6-7,13H2,1-5H3,(H,14,15)/t11-/m1/s1. The molecule has 0 radical (unpaired) electrons. The number of hydrogen-bond donors (Lipinski definition) is 2. The Labute approximate surface area is 93.8 Å². The summed E-state index contributed by atoms with van der Waals surface area (Å²) in [6.07, 6.45) is 0.694. The van der Waals surface area contributed by atoms with E-state index in [9.17, 15) is 4.79 Å². The van der Waals surface area contributed by atoms with Crippen LogP contribution in [0.2, 0.25) is 0 Å². The summed E-state index contributed by atoms with van der Waals surface area (Å²) in [6.45, 7) is 11.4. The zero-order valence-corrected chi connectivity index (χ0v) is 10.7. The first kappa shape index (κ1) is 14.4. The van der Waals surface area contributed by atoms with E-state index in [1.165, 1.54) is 0 Å². The first-order valence-electron chi connectivity index (χ1n) is 5.93. The predicted octanol–water partition coefficient (Wildman–Crippen LogP) is 1.77. The highest BCUT2D eigenvalue weighted by Gasteiger charge is 2.19. The van der Waals surface area contributed by atoms with Gasteiger partial charge in [0.15, 0.2) is 0 Å². The van der Waals surface area contributed by atoms with Crippen molar-refractivity contribution in [3.05, 3.63) is 0 Å². The zero-order valence-electron chi connectivity index (χ0n) is 10.7. The summed E-state index contributed by atoms with van der Waals surface area (Å²) in [5, 5.41) is 2.93. The van der Waals surface area contributed by atoms with Gasteiger partial charge in [0.2, 0.25) is 5.91 Å². The molecule has 3 nitrogen and oxygen atoms in total. The maximum atomic E-state index is 11.5. The van der Waals surface area contributed by atoms with E-state index in [4.69, 9.17) is 5.73 Å². The average molecular weight is 214 g/mol. The first-order chi connectivity index (χ1) is 6.90. The van der Waals surface area contributed by atoms with Gasteiger partial charge in [0.1, 0.15) is 0 Å². The molecule has 0 bridgehead atoms. The fourth-order valence-electron chi connectivity index (χ4n) is 1.78. The number of amides is 1. The van der Waals surface area contributed by atoms with Crippen molar-refractivity contribution >= 4 is 5.91 Å². The summed E-state index contributed by atoms with van der Waals surface area (Å²) in [5.41, 5.74) is 5.64. The topological polar surface area (TPSA) is 55.1 Å². The molecule has 0 saturated carbocycles. The summed E-state index contributed by atoms with van der Waals surface area (Å²) in [5.74, 6) is 1.67. The Morgan fingerprint density at radius 2 is 1.67 bits per heavy atom.